The lowest BCUT2D eigenvalue weighted by Gasteiger charge is -2.30. The van der Waals surface area contributed by atoms with Crippen LogP contribution in [0.25, 0.3) is 6.08 Å². The van der Waals surface area contributed by atoms with Gasteiger partial charge in [0.25, 0.3) is 11.2 Å². The molecule has 196 valence electrons. The maximum absolute atomic E-state index is 13.9. The molecule has 1 saturated heterocycles. The lowest BCUT2D eigenvalue weighted by molar-refractivity contribution is -0.384. The van der Waals surface area contributed by atoms with Crippen molar-refractivity contribution in [1.29, 1.82) is 0 Å². The van der Waals surface area contributed by atoms with Gasteiger partial charge in [-0.05, 0) is 50.8 Å². The number of thiazole rings is 1. The van der Waals surface area contributed by atoms with Crippen LogP contribution in [0.2, 0.25) is 0 Å². The van der Waals surface area contributed by atoms with Crippen LogP contribution in [-0.4, -0.2) is 35.2 Å². The highest BCUT2D eigenvalue weighted by Crippen LogP contribution is 2.31. The number of anilines is 1. The number of fused-ring (bicyclic) bond motifs is 1. The lowest BCUT2D eigenvalue weighted by atomic mass is 9.96. The highest BCUT2D eigenvalue weighted by Gasteiger charge is 2.33. The van der Waals surface area contributed by atoms with Crippen LogP contribution >= 0.6 is 11.3 Å². The summed E-state index contributed by atoms with van der Waals surface area (Å²) in [6, 6.07) is 13.4. The molecule has 3 aromatic rings. The first-order chi connectivity index (χ1) is 18.4. The third-order valence-corrected chi connectivity index (χ3v) is 7.82. The van der Waals surface area contributed by atoms with Gasteiger partial charge in [0.1, 0.15) is 0 Å². The van der Waals surface area contributed by atoms with Crippen molar-refractivity contribution in [2.75, 3.05) is 24.6 Å². The predicted molar refractivity (Wildman–Crippen MR) is 146 cm³/mol. The van der Waals surface area contributed by atoms with Crippen LogP contribution in [0.15, 0.2) is 69.6 Å². The first-order valence-electron chi connectivity index (χ1n) is 12.7. The van der Waals surface area contributed by atoms with E-state index in [1.807, 2.05) is 30.3 Å². The number of esters is 1. The van der Waals surface area contributed by atoms with Crippen molar-refractivity contribution in [2.24, 2.45) is 4.99 Å². The summed E-state index contributed by atoms with van der Waals surface area (Å²) in [5, 5.41) is 11.6. The number of allylic oxidation sites excluding steroid dienone is 1. The fraction of sp³-hybridized carbons (Fsp3) is 0.321. The Morgan fingerprint density at radius 3 is 2.61 bits per heavy atom. The number of nitro benzene ring substituents is 1. The number of non-ortho nitro benzene ring substituents is 1. The van der Waals surface area contributed by atoms with Crippen LogP contribution < -0.4 is 19.8 Å². The van der Waals surface area contributed by atoms with E-state index < -0.39 is 16.9 Å². The summed E-state index contributed by atoms with van der Waals surface area (Å²) in [6.07, 6.45) is 4.96. The quantitative estimate of drug-likeness (QED) is 0.272. The average Bonchev–Trinajstić information content (AvgIpc) is 3.22. The Kier molecular flexibility index (Phi) is 7.24. The Morgan fingerprint density at radius 2 is 1.92 bits per heavy atom. The maximum Gasteiger partial charge on any atom is 0.338 e. The van der Waals surface area contributed by atoms with Crippen LogP contribution in [0.5, 0.6) is 0 Å². The van der Waals surface area contributed by atoms with E-state index in [4.69, 9.17) is 4.74 Å². The standard InChI is InChI=1S/C28H28N4O5S/c1-3-37-27(34)24-18(2)29-28-31(25(24)19-10-6-4-7-11-19)26(33)23(38-28)17-20-16-21(32(35)36)12-13-22(20)30-14-8-5-9-15-30/h4,6-7,10-13,16-17,25H,3,5,8-9,14-15H2,1-2H3/t25-/m0/s1. The Labute approximate surface area is 223 Å². The van der Waals surface area contributed by atoms with Crippen molar-refractivity contribution in [3.8, 4) is 0 Å². The summed E-state index contributed by atoms with van der Waals surface area (Å²) < 4.78 is 7.25. The Bertz CT molecular complexity index is 1600. The summed E-state index contributed by atoms with van der Waals surface area (Å²) in [7, 11) is 0. The third kappa shape index (κ3) is 4.79. The molecule has 0 spiro atoms. The zero-order chi connectivity index (χ0) is 26.8. The van der Waals surface area contributed by atoms with Crippen molar-refractivity contribution in [3.05, 3.63) is 101 Å². The van der Waals surface area contributed by atoms with Gasteiger partial charge < -0.3 is 9.64 Å². The number of benzene rings is 2. The number of hydrogen-bond acceptors (Lipinski definition) is 8. The molecule has 0 saturated carbocycles. The molecule has 10 heteroatoms. The SMILES string of the molecule is CCOC(=O)C1=C(C)N=c2sc(=Cc3cc([N+](=O)[O-])ccc3N3CCCCC3)c(=O)n2[C@H]1c1ccccc1. The van der Waals surface area contributed by atoms with Crippen molar-refractivity contribution in [1.82, 2.24) is 4.57 Å². The van der Waals surface area contributed by atoms with E-state index in [1.54, 1.807) is 26.0 Å². The molecule has 1 atom stereocenters. The van der Waals surface area contributed by atoms with E-state index in [1.165, 1.54) is 28.0 Å². The number of rotatable bonds is 6. The van der Waals surface area contributed by atoms with Crippen molar-refractivity contribution < 1.29 is 14.5 Å². The maximum atomic E-state index is 13.9. The van der Waals surface area contributed by atoms with Gasteiger partial charge in [-0.1, -0.05) is 41.7 Å². The minimum Gasteiger partial charge on any atom is -0.463 e. The minimum atomic E-state index is -0.694. The summed E-state index contributed by atoms with van der Waals surface area (Å²) in [4.78, 5) is 45.3. The number of nitro groups is 1. The first kappa shape index (κ1) is 25.6. The molecule has 2 aromatic carbocycles. The number of aromatic nitrogens is 1. The normalized spacial score (nSPS) is 17.7. The fourth-order valence-electron chi connectivity index (χ4n) is 5.08. The average molecular weight is 533 g/mol. The second-order valence-electron chi connectivity index (χ2n) is 9.26. The van der Waals surface area contributed by atoms with E-state index in [9.17, 15) is 19.7 Å². The zero-order valence-electron chi connectivity index (χ0n) is 21.3. The summed E-state index contributed by atoms with van der Waals surface area (Å²) in [5.41, 5.74) is 2.71. The zero-order valence-corrected chi connectivity index (χ0v) is 22.1. The molecule has 2 aliphatic heterocycles. The number of nitrogens with zero attached hydrogens (tertiary/aromatic N) is 4. The van der Waals surface area contributed by atoms with Gasteiger partial charge in [-0.3, -0.25) is 19.5 Å². The molecule has 5 rings (SSSR count). The second kappa shape index (κ2) is 10.7. The van der Waals surface area contributed by atoms with Gasteiger partial charge in [0, 0.05) is 36.5 Å². The molecule has 1 fully saturated rings. The number of carbonyl (C=O) groups is 1. The molecule has 0 N–H and O–H groups in total. The molecule has 0 unspecified atom stereocenters. The van der Waals surface area contributed by atoms with Gasteiger partial charge in [-0.15, -0.1) is 0 Å². The van der Waals surface area contributed by atoms with Crippen LogP contribution in [0, 0.1) is 10.1 Å². The van der Waals surface area contributed by atoms with Gasteiger partial charge in [0.15, 0.2) is 4.80 Å². The Balaban J connectivity index is 1.71. The topological polar surface area (TPSA) is 107 Å². The van der Waals surface area contributed by atoms with Crippen molar-refractivity contribution >= 4 is 34.8 Å². The van der Waals surface area contributed by atoms with Gasteiger partial charge >= 0.3 is 5.97 Å². The molecule has 2 aliphatic rings. The molecule has 38 heavy (non-hydrogen) atoms. The van der Waals surface area contributed by atoms with Crippen molar-refractivity contribution in [3.63, 3.8) is 0 Å². The molecule has 3 heterocycles. The first-order valence-corrected chi connectivity index (χ1v) is 13.5. The van der Waals surface area contributed by atoms with Crippen LogP contribution in [0.3, 0.4) is 0 Å². The number of hydrogen-bond donors (Lipinski definition) is 0. The highest BCUT2D eigenvalue weighted by atomic mass is 32.1. The number of piperidine rings is 1. The van der Waals surface area contributed by atoms with E-state index in [0.717, 1.165) is 43.6 Å². The van der Waals surface area contributed by atoms with E-state index >= 15 is 0 Å². The highest BCUT2D eigenvalue weighted by molar-refractivity contribution is 7.07. The molecule has 0 bridgehead atoms. The number of carbonyl (C=O) groups excluding carboxylic acids is 1. The summed E-state index contributed by atoms with van der Waals surface area (Å²) in [6.45, 7) is 5.40. The largest absolute Gasteiger partial charge is 0.463 e. The molecular weight excluding hydrogens is 504 g/mol. The van der Waals surface area contributed by atoms with Crippen LogP contribution in [-0.2, 0) is 9.53 Å². The predicted octanol–water partition coefficient (Wildman–Crippen LogP) is 3.70. The van der Waals surface area contributed by atoms with E-state index in [2.05, 4.69) is 9.89 Å². The molecule has 0 amide bonds. The molecule has 0 aliphatic carbocycles. The third-order valence-electron chi connectivity index (χ3n) is 6.84. The Hall–Kier alpha value is -4.05. The van der Waals surface area contributed by atoms with Crippen LogP contribution in [0.1, 0.15) is 50.3 Å². The molecule has 1 aromatic heterocycles. The van der Waals surface area contributed by atoms with Crippen molar-refractivity contribution in [2.45, 2.75) is 39.2 Å². The van der Waals surface area contributed by atoms with Crippen LogP contribution in [0.4, 0.5) is 11.4 Å². The summed E-state index contributed by atoms with van der Waals surface area (Å²) in [5.74, 6) is -0.511. The monoisotopic (exact) mass is 532 g/mol. The van der Waals surface area contributed by atoms with Gasteiger partial charge in [-0.2, -0.15) is 0 Å². The molecule has 0 radical (unpaired) electrons. The Morgan fingerprint density at radius 1 is 1.18 bits per heavy atom. The minimum absolute atomic E-state index is 0.0348. The molecular formula is C28H28N4O5S. The molecule has 9 nitrogen and oxygen atoms in total. The van der Waals surface area contributed by atoms with Gasteiger partial charge in [0.05, 0.1) is 33.4 Å². The fourth-order valence-corrected chi connectivity index (χ4v) is 6.11. The lowest BCUT2D eigenvalue weighted by Crippen LogP contribution is -2.40. The van der Waals surface area contributed by atoms with E-state index in [0.29, 0.717) is 26.2 Å². The second-order valence-corrected chi connectivity index (χ2v) is 10.3. The smallest absolute Gasteiger partial charge is 0.338 e. The number of ether oxygens (including phenoxy) is 1. The van der Waals surface area contributed by atoms with Gasteiger partial charge in [0.2, 0.25) is 0 Å². The van der Waals surface area contributed by atoms with Gasteiger partial charge in [-0.25, -0.2) is 9.79 Å². The summed E-state index contributed by atoms with van der Waals surface area (Å²) >= 11 is 1.21. The van der Waals surface area contributed by atoms with E-state index in [-0.39, 0.29) is 17.9 Å².